The third-order valence-corrected chi connectivity index (χ3v) is 4.93. The van der Waals surface area contributed by atoms with Gasteiger partial charge in [0.15, 0.2) is 0 Å². The summed E-state index contributed by atoms with van der Waals surface area (Å²) in [5.74, 6) is 0.793. The van der Waals surface area contributed by atoms with E-state index in [2.05, 4.69) is 31.2 Å². The zero-order valence-corrected chi connectivity index (χ0v) is 12.0. The quantitative estimate of drug-likeness (QED) is 0.855. The Balaban J connectivity index is 1.92. The Kier molecular flexibility index (Phi) is 5.00. The molecule has 0 saturated heterocycles. The standard InChI is InChI=1S/C17H27NO/c1-14-9-11-17(13-18,12-10-14)16(19)8-7-15-5-3-2-4-6-15/h2-6,14,16,19H,7-13,18H2,1H3. The lowest BCUT2D eigenvalue weighted by atomic mass is 9.66. The van der Waals surface area contributed by atoms with E-state index < -0.39 is 0 Å². The summed E-state index contributed by atoms with van der Waals surface area (Å²) < 4.78 is 0. The van der Waals surface area contributed by atoms with Gasteiger partial charge < -0.3 is 10.8 Å². The monoisotopic (exact) mass is 261 g/mol. The predicted octanol–water partition coefficient (Wildman–Crippen LogP) is 3.14. The molecular weight excluding hydrogens is 234 g/mol. The van der Waals surface area contributed by atoms with E-state index in [0.717, 1.165) is 31.6 Å². The van der Waals surface area contributed by atoms with Gasteiger partial charge in [-0.05, 0) is 37.2 Å². The van der Waals surface area contributed by atoms with Crippen LogP contribution in [0.4, 0.5) is 0 Å². The van der Waals surface area contributed by atoms with E-state index in [1.165, 1.54) is 18.4 Å². The molecule has 1 aromatic rings. The van der Waals surface area contributed by atoms with Crippen molar-refractivity contribution in [3.05, 3.63) is 35.9 Å². The first-order valence-corrected chi connectivity index (χ1v) is 7.58. The molecule has 1 unspecified atom stereocenters. The SMILES string of the molecule is CC1CCC(CN)(C(O)CCc2ccccc2)CC1. The fourth-order valence-electron chi connectivity index (χ4n) is 3.26. The van der Waals surface area contributed by atoms with Gasteiger partial charge in [0.1, 0.15) is 0 Å². The molecule has 2 heteroatoms. The maximum atomic E-state index is 10.6. The summed E-state index contributed by atoms with van der Waals surface area (Å²) in [5.41, 5.74) is 7.27. The van der Waals surface area contributed by atoms with E-state index in [1.807, 2.05) is 6.07 Å². The van der Waals surface area contributed by atoms with Crippen LogP contribution >= 0.6 is 0 Å². The topological polar surface area (TPSA) is 46.2 Å². The van der Waals surface area contributed by atoms with Gasteiger partial charge >= 0.3 is 0 Å². The molecule has 1 atom stereocenters. The van der Waals surface area contributed by atoms with Crippen molar-refractivity contribution in [3.8, 4) is 0 Å². The highest BCUT2D eigenvalue weighted by molar-refractivity contribution is 5.15. The molecule has 1 fully saturated rings. The second-order valence-corrected chi connectivity index (χ2v) is 6.29. The van der Waals surface area contributed by atoms with E-state index in [0.29, 0.717) is 6.54 Å². The number of rotatable bonds is 5. The van der Waals surface area contributed by atoms with Crippen LogP contribution in [0.25, 0.3) is 0 Å². The first kappa shape index (κ1) is 14.5. The number of hydrogen-bond donors (Lipinski definition) is 2. The van der Waals surface area contributed by atoms with Gasteiger partial charge in [0.2, 0.25) is 0 Å². The van der Waals surface area contributed by atoms with Crippen LogP contribution in [0.2, 0.25) is 0 Å². The van der Waals surface area contributed by atoms with Crippen LogP contribution in [0.1, 0.15) is 44.6 Å². The van der Waals surface area contributed by atoms with Crippen molar-refractivity contribution in [2.75, 3.05) is 6.54 Å². The number of nitrogens with two attached hydrogens (primary N) is 1. The lowest BCUT2D eigenvalue weighted by Gasteiger charge is -2.42. The highest BCUT2D eigenvalue weighted by Crippen LogP contribution is 2.41. The Bertz CT molecular complexity index is 368. The van der Waals surface area contributed by atoms with Crippen molar-refractivity contribution in [1.29, 1.82) is 0 Å². The summed E-state index contributed by atoms with van der Waals surface area (Å²) in [5, 5.41) is 10.6. The molecule has 1 aromatic carbocycles. The van der Waals surface area contributed by atoms with Crippen molar-refractivity contribution < 1.29 is 5.11 Å². The van der Waals surface area contributed by atoms with Crippen molar-refractivity contribution >= 4 is 0 Å². The lowest BCUT2D eigenvalue weighted by Crippen LogP contribution is -2.44. The minimum Gasteiger partial charge on any atom is -0.392 e. The Hall–Kier alpha value is -0.860. The van der Waals surface area contributed by atoms with Gasteiger partial charge in [0.25, 0.3) is 0 Å². The predicted molar refractivity (Wildman–Crippen MR) is 79.9 cm³/mol. The van der Waals surface area contributed by atoms with Crippen molar-refractivity contribution in [3.63, 3.8) is 0 Å². The van der Waals surface area contributed by atoms with Crippen LogP contribution in [-0.4, -0.2) is 17.8 Å². The first-order valence-electron chi connectivity index (χ1n) is 7.58. The summed E-state index contributed by atoms with van der Waals surface area (Å²) in [6.45, 7) is 2.92. The van der Waals surface area contributed by atoms with Gasteiger partial charge in [-0.1, -0.05) is 50.1 Å². The molecule has 0 amide bonds. The molecule has 0 radical (unpaired) electrons. The fourth-order valence-corrected chi connectivity index (χ4v) is 3.26. The molecule has 106 valence electrons. The third-order valence-electron chi connectivity index (χ3n) is 4.93. The van der Waals surface area contributed by atoms with E-state index in [1.54, 1.807) is 0 Å². The molecular formula is C17H27NO. The van der Waals surface area contributed by atoms with Gasteiger partial charge in [0, 0.05) is 12.0 Å². The average Bonchev–Trinajstić information content (AvgIpc) is 2.47. The Morgan fingerprint density at radius 1 is 1.26 bits per heavy atom. The zero-order valence-electron chi connectivity index (χ0n) is 12.0. The van der Waals surface area contributed by atoms with Gasteiger partial charge in [-0.3, -0.25) is 0 Å². The number of aryl methyl sites for hydroxylation is 1. The minimum atomic E-state index is -0.259. The summed E-state index contributed by atoms with van der Waals surface area (Å²) in [4.78, 5) is 0. The van der Waals surface area contributed by atoms with Gasteiger partial charge in [-0.25, -0.2) is 0 Å². The summed E-state index contributed by atoms with van der Waals surface area (Å²) >= 11 is 0. The van der Waals surface area contributed by atoms with Crippen molar-refractivity contribution in [2.24, 2.45) is 17.1 Å². The lowest BCUT2D eigenvalue weighted by molar-refractivity contribution is -0.0110. The molecule has 1 saturated carbocycles. The van der Waals surface area contributed by atoms with Gasteiger partial charge in [-0.2, -0.15) is 0 Å². The van der Waals surface area contributed by atoms with Crippen LogP contribution in [0.3, 0.4) is 0 Å². The van der Waals surface area contributed by atoms with E-state index in [4.69, 9.17) is 5.73 Å². The smallest absolute Gasteiger partial charge is 0.0611 e. The molecule has 0 bridgehead atoms. The molecule has 0 aliphatic heterocycles. The second-order valence-electron chi connectivity index (χ2n) is 6.29. The second kappa shape index (κ2) is 6.53. The first-order chi connectivity index (χ1) is 9.16. The molecule has 1 aliphatic carbocycles. The van der Waals surface area contributed by atoms with E-state index >= 15 is 0 Å². The zero-order chi connectivity index (χ0) is 13.7. The number of aliphatic hydroxyl groups excluding tert-OH is 1. The number of aliphatic hydroxyl groups is 1. The van der Waals surface area contributed by atoms with Gasteiger partial charge in [-0.15, -0.1) is 0 Å². The molecule has 2 rings (SSSR count). The largest absolute Gasteiger partial charge is 0.392 e. The summed E-state index contributed by atoms with van der Waals surface area (Å²) in [6, 6.07) is 10.4. The molecule has 3 N–H and O–H groups in total. The van der Waals surface area contributed by atoms with Crippen molar-refractivity contribution in [2.45, 2.75) is 51.6 Å². The number of benzene rings is 1. The normalized spacial score (nSPS) is 29.1. The number of hydrogen-bond acceptors (Lipinski definition) is 2. The van der Waals surface area contributed by atoms with Crippen LogP contribution < -0.4 is 5.73 Å². The molecule has 2 nitrogen and oxygen atoms in total. The Labute approximate surface area is 117 Å². The van der Waals surface area contributed by atoms with Crippen LogP contribution in [0.5, 0.6) is 0 Å². The Morgan fingerprint density at radius 3 is 2.47 bits per heavy atom. The Morgan fingerprint density at radius 2 is 1.89 bits per heavy atom. The summed E-state index contributed by atoms with van der Waals surface area (Å²) in [6.07, 6.45) is 6.10. The minimum absolute atomic E-state index is 0.0265. The average molecular weight is 261 g/mol. The molecule has 1 aliphatic rings. The maximum absolute atomic E-state index is 10.6. The van der Waals surface area contributed by atoms with Crippen LogP contribution in [0, 0.1) is 11.3 Å². The van der Waals surface area contributed by atoms with E-state index in [9.17, 15) is 5.11 Å². The van der Waals surface area contributed by atoms with Gasteiger partial charge in [0.05, 0.1) is 6.10 Å². The van der Waals surface area contributed by atoms with Crippen LogP contribution in [-0.2, 0) is 6.42 Å². The molecule has 19 heavy (non-hydrogen) atoms. The molecule has 0 heterocycles. The fraction of sp³-hybridized carbons (Fsp3) is 0.647. The highest BCUT2D eigenvalue weighted by atomic mass is 16.3. The van der Waals surface area contributed by atoms with Crippen LogP contribution in [0.15, 0.2) is 30.3 Å². The van der Waals surface area contributed by atoms with E-state index in [-0.39, 0.29) is 11.5 Å². The molecule has 0 spiro atoms. The molecule has 0 aromatic heterocycles. The highest BCUT2D eigenvalue weighted by Gasteiger charge is 2.38. The van der Waals surface area contributed by atoms with Crippen molar-refractivity contribution in [1.82, 2.24) is 0 Å². The maximum Gasteiger partial charge on any atom is 0.0611 e. The summed E-state index contributed by atoms with van der Waals surface area (Å²) in [7, 11) is 0. The third kappa shape index (κ3) is 3.58.